The average Bonchev–Trinajstić information content (AvgIpc) is 2.60. The van der Waals surface area contributed by atoms with Crippen LogP contribution in [0, 0.1) is 6.92 Å². The fourth-order valence-electron chi connectivity index (χ4n) is 2.54. The van der Waals surface area contributed by atoms with Crippen LogP contribution in [0.4, 0.5) is 4.79 Å². The Balaban J connectivity index is 2.27. The molecule has 0 saturated carbocycles. The van der Waals surface area contributed by atoms with Crippen LogP contribution in [-0.2, 0) is 31.5 Å². The van der Waals surface area contributed by atoms with Crippen LogP contribution in [-0.4, -0.2) is 39.4 Å². The molecule has 0 aromatic heterocycles. The van der Waals surface area contributed by atoms with Gasteiger partial charge in [-0.2, -0.15) is 13.6 Å². The maximum absolute atomic E-state index is 13.1. The van der Waals surface area contributed by atoms with Gasteiger partial charge in [-0.3, -0.25) is 0 Å². The summed E-state index contributed by atoms with van der Waals surface area (Å²) < 4.78 is 58.8. The molecule has 2 N–H and O–H groups in total. The van der Waals surface area contributed by atoms with E-state index >= 15 is 0 Å². The van der Waals surface area contributed by atoms with Gasteiger partial charge < -0.3 is 8.92 Å². The van der Waals surface area contributed by atoms with Gasteiger partial charge in [0.25, 0.3) is 10.0 Å². The van der Waals surface area contributed by atoms with Crippen LogP contribution >= 0.6 is 0 Å². The molecule has 0 bridgehead atoms. The van der Waals surface area contributed by atoms with E-state index in [1.807, 2.05) is 6.92 Å². The zero-order chi connectivity index (χ0) is 23.4. The summed E-state index contributed by atoms with van der Waals surface area (Å²) in [6.45, 7) is 6.58. The Labute approximate surface area is 183 Å². The van der Waals surface area contributed by atoms with Crippen LogP contribution < -0.4 is 9.32 Å². The fourth-order valence-corrected chi connectivity index (χ4v) is 4.22. The molecule has 1 amide bonds. The van der Waals surface area contributed by atoms with Crippen molar-refractivity contribution in [2.24, 2.45) is 5.14 Å². The van der Waals surface area contributed by atoms with E-state index in [2.05, 4.69) is 4.18 Å². The van der Waals surface area contributed by atoms with Gasteiger partial charge in [-0.25, -0.2) is 17.5 Å². The Morgan fingerprint density at radius 3 is 2.00 bits per heavy atom. The van der Waals surface area contributed by atoms with E-state index in [1.54, 1.807) is 45.0 Å². The summed E-state index contributed by atoms with van der Waals surface area (Å²) in [4.78, 5) is 12.7. The van der Waals surface area contributed by atoms with Crippen LogP contribution in [0.25, 0.3) is 0 Å². The van der Waals surface area contributed by atoms with Gasteiger partial charge in [0, 0.05) is 6.54 Å². The number of nitrogens with two attached hydrogens (primary N) is 1. The molecule has 0 fully saturated rings. The van der Waals surface area contributed by atoms with Gasteiger partial charge in [-0.1, -0.05) is 29.8 Å². The molecule has 0 spiro atoms. The summed E-state index contributed by atoms with van der Waals surface area (Å²) in [5.74, 6) is 0.0162. The van der Waals surface area contributed by atoms with E-state index < -0.39 is 32.0 Å². The van der Waals surface area contributed by atoms with E-state index in [0.717, 1.165) is 5.56 Å². The summed E-state index contributed by atoms with van der Waals surface area (Å²) in [5, 5.41) is 4.83. The lowest BCUT2D eigenvalue weighted by Crippen LogP contribution is -2.41. The van der Waals surface area contributed by atoms with E-state index in [-0.39, 0.29) is 23.6 Å². The lowest BCUT2D eigenvalue weighted by Gasteiger charge is -2.27. The van der Waals surface area contributed by atoms with Crippen LogP contribution in [0.15, 0.2) is 53.4 Å². The number of carbonyl (C=O) groups excluding carboxylic acids is 1. The fraction of sp³-hybridized carbons (Fsp3) is 0.350. The van der Waals surface area contributed by atoms with Crippen LogP contribution in [0.3, 0.4) is 0 Å². The summed E-state index contributed by atoms with van der Waals surface area (Å²) in [6.07, 6.45) is -0.817. The quantitative estimate of drug-likeness (QED) is 0.658. The minimum absolute atomic E-state index is 0.0162. The third kappa shape index (κ3) is 7.53. The van der Waals surface area contributed by atoms with Gasteiger partial charge in [0.1, 0.15) is 11.4 Å². The number of sulfonamides is 1. The lowest BCUT2D eigenvalue weighted by atomic mass is 10.1. The van der Waals surface area contributed by atoms with E-state index in [0.29, 0.717) is 9.87 Å². The molecule has 0 saturated heterocycles. The summed E-state index contributed by atoms with van der Waals surface area (Å²) in [6, 6.07) is 12.0. The number of hydrogen-bond acceptors (Lipinski definition) is 7. The zero-order valence-corrected chi connectivity index (χ0v) is 19.4. The van der Waals surface area contributed by atoms with Gasteiger partial charge >= 0.3 is 16.4 Å². The van der Waals surface area contributed by atoms with Crippen molar-refractivity contribution in [1.29, 1.82) is 0 Å². The SMILES string of the molecule is Cc1ccc(S(=O)(=O)N(CCc2ccc(OS(N)(=O)=O)cc2)C(=O)OC(C)(C)C)cc1. The van der Waals surface area contributed by atoms with Crippen molar-refractivity contribution in [2.45, 2.75) is 44.6 Å². The molecular formula is C20H26N2O7S2. The number of aryl methyl sites for hydroxylation is 1. The van der Waals surface area contributed by atoms with Crippen molar-refractivity contribution in [3.63, 3.8) is 0 Å². The molecule has 0 aliphatic rings. The third-order valence-electron chi connectivity index (χ3n) is 3.95. The molecule has 11 heteroatoms. The molecule has 170 valence electrons. The van der Waals surface area contributed by atoms with Gasteiger partial charge in [0.15, 0.2) is 0 Å². The monoisotopic (exact) mass is 470 g/mol. The van der Waals surface area contributed by atoms with Crippen LogP contribution in [0.5, 0.6) is 5.75 Å². The Bertz CT molecular complexity index is 1120. The number of ether oxygens (including phenoxy) is 1. The number of rotatable bonds is 7. The number of benzene rings is 2. The Morgan fingerprint density at radius 1 is 0.968 bits per heavy atom. The van der Waals surface area contributed by atoms with Crippen LogP contribution in [0.1, 0.15) is 31.9 Å². The Hall–Kier alpha value is -2.63. The first kappa shape index (κ1) is 24.6. The van der Waals surface area contributed by atoms with Crippen LogP contribution in [0.2, 0.25) is 0 Å². The molecule has 9 nitrogen and oxygen atoms in total. The van der Waals surface area contributed by atoms with Crippen molar-refractivity contribution in [3.8, 4) is 5.75 Å². The van der Waals surface area contributed by atoms with E-state index in [4.69, 9.17) is 9.88 Å². The summed E-state index contributed by atoms with van der Waals surface area (Å²) in [7, 11) is -8.30. The lowest BCUT2D eigenvalue weighted by molar-refractivity contribution is 0.0392. The van der Waals surface area contributed by atoms with Gasteiger partial charge in [-0.15, -0.1) is 0 Å². The first-order valence-corrected chi connectivity index (χ1v) is 12.2. The smallest absolute Gasteiger partial charge is 0.424 e. The van der Waals surface area contributed by atoms with Crippen molar-refractivity contribution in [3.05, 3.63) is 59.7 Å². The number of hydrogen-bond donors (Lipinski definition) is 1. The molecule has 31 heavy (non-hydrogen) atoms. The zero-order valence-electron chi connectivity index (χ0n) is 17.7. The maximum Gasteiger partial charge on any atom is 0.424 e. The highest BCUT2D eigenvalue weighted by Crippen LogP contribution is 2.21. The highest BCUT2D eigenvalue weighted by atomic mass is 32.2. The van der Waals surface area contributed by atoms with E-state index in [9.17, 15) is 21.6 Å². The third-order valence-corrected chi connectivity index (χ3v) is 6.15. The molecule has 2 aromatic rings. The molecular weight excluding hydrogens is 444 g/mol. The number of amides is 1. The number of carbonyl (C=O) groups is 1. The second-order valence-electron chi connectivity index (χ2n) is 7.84. The first-order chi connectivity index (χ1) is 14.2. The minimum atomic E-state index is -4.15. The molecule has 0 aliphatic heterocycles. The van der Waals surface area contributed by atoms with Gasteiger partial charge in [0.2, 0.25) is 0 Å². The van der Waals surface area contributed by atoms with Crippen molar-refractivity contribution < 1.29 is 30.6 Å². The highest BCUT2D eigenvalue weighted by molar-refractivity contribution is 7.89. The normalized spacial score (nSPS) is 12.3. The van der Waals surface area contributed by atoms with Crippen molar-refractivity contribution in [2.75, 3.05) is 6.54 Å². The Kier molecular flexibility index (Phi) is 7.35. The van der Waals surface area contributed by atoms with E-state index in [1.165, 1.54) is 24.3 Å². The predicted molar refractivity (Wildman–Crippen MR) is 115 cm³/mol. The predicted octanol–water partition coefficient (Wildman–Crippen LogP) is 2.75. The Morgan fingerprint density at radius 2 is 1.52 bits per heavy atom. The molecule has 2 aromatic carbocycles. The van der Waals surface area contributed by atoms with Gasteiger partial charge in [-0.05, 0) is 63.9 Å². The molecule has 0 atom stereocenters. The molecule has 0 unspecified atom stereocenters. The minimum Gasteiger partial charge on any atom is -0.443 e. The summed E-state index contributed by atoms with van der Waals surface area (Å²) >= 11 is 0. The van der Waals surface area contributed by atoms with Gasteiger partial charge in [0.05, 0.1) is 4.90 Å². The number of nitrogens with zero attached hydrogens (tertiary/aromatic N) is 1. The molecule has 0 radical (unpaired) electrons. The molecule has 0 heterocycles. The average molecular weight is 471 g/mol. The standard InChI is InChI=1S/C20H26N2O7S2/c1-15-5-11-18(12-6-15)30(24,25)22(19(23)28-20(2,3)4)14-13-16-7-9-17(10-8-16)29-31(21,26)27/h5-12H,13-14H2,1-4H3,(H2,21,26,27). The second-order valence-corrected chi connectivity index (χ2v) is 10.9. The maximum atomic E-state index is 13.1. The molecule has 2 rings (SSSR count). The largest absolute Gasteiger partial charge is 0.443 e. The molecule has 0 aliphatic carbocycles. The first-order valence-electron chi connectivity index (χ1n) is 9.31. The van der Waals surface area contributed by atoms with Crippen molar-refractivity contribution in [1.82, 2.24) is 4.31 Å². The van der Waals surface area contributed by atoms with Crippen molar-refractivity contribution >= 4 is 26.4 Å². The summed E-state index contributed by atoms with van der Waals surface area (Å²) in [5.41, 5.74) is 0.643. The highest BCUT2D eigenvalue weighted by Gasteiger charge is 2.32. The topological polar surface area (TPSA) is 133 Å². The second kappa shape index (κ2) is 9.25.